The number of aromatic nitrogens is 2. The molecule has 0 atom stereocenters. The minimum Gasteiger partial charge on any atom is -0.372 e. The van der Waals surface area contributed by atoms with Gasteiger partial charge in [-0.1, -0.05) is 23.7 Å². The monoisotopic (exact) mass is 522 g/mol. The van der Waals surface area contributed by atoms with Crippen LogP contribution in [0.1, 0.15) is 53.7 Å². The van der Waals surface area contributed by atoms with Gasteiger partial charge >= 0.3 is 6.18 Å². The van der Waals surface area contributed by atoms with Crippen molar-refractivity contribution in [1.29, 1.82) is 0 Å². The van der Waals surface area contributed by atoms with Gasteiger partial charge in [-0.25, -0.2) is 9.97 Å². The molecule has 0 saturated carbocycles. The number of anilines is 1. The molecule has 3 heterocycles. The van der Waals surface area contributed by atoms with E-state index in [0.717, 1.165) is 41.5 Å². The van der Waals surface area contributed by atoms with E-state index in [4.69, 9.17) is 16.6 Å². The maximum atomic E-state index is 13.1. The first-order chi connectivity index (χ1) is 16.7. The normalized spacial score (nSPS) is 14.9. The fraction of sp³-hybridized carbons (Fsp3) is 0.400. The van der Waals surface area contributed by atoms with Crippen molar-refractivity contribution in [2.24, 2.45) is 0 Å². The van der Waals surface area contributed by atoms with Crippen LogP contribution in [0.3, 0.4) is 0 Å². The van der Waals surface area contributed by atoms with Gasteiger partial charge in [0.05, 0.1) is 16.3 Å². The quantitative estimate of drug-likeness (QED) is 0.336. The van der Waals surface area contributed by atoms with Gasteiger partial charge in [-0.05, 0) is 51.0 Å². The number of benzene rings is 1. The van der Waals surface area contributed by atoms with Crippen molar-refractivity contribution in [3.8, 4) is 11.3 Å². The number of halogens is 4. The highest BCUT2D eigenvalue weighted by Crippen LogP contribution is 2.35. The molecule has 1 aromatic carbocycles. The van der Waals surface area contributed by atoms with Crippen LogP contribution in [0.2, 0.25) is 5.15 Å². The van der Waals surface area contributed by atoms with Crippen LogP contribution >= 0.6 is 22.9 Å². The lowest BCUT2D eigenvalue weighted by molar-refractivity contribution is -0.137. The number of nitrogens with zero attached hydrogens (tertiary/aromatic N) is 4. The number of carbonyl (C=O) groups excluding carboxylic acids is 1. The minimum atomic E-state index is -4.59. The van der Waals surface area contributed by atoms with E-state index >= 15 is 0 Å². The summed E-state index contributed by atoms with van der Waals surface area (Å²) in [6.45, 7) is 7.02. The van der Waals surface area contributed by atoms with Crippen LogP contribution in [0.15, 0.2) is 41.8 Å². The first kappa shape index (κ1) is 25.4. The number of amides is 1. The Labute approximate surface area is 211 Å². The molecule has 5 nitrogen and oxygen atoms in total. The molecule has 10 heteroatoms. The third-order valence-electron chi connectivity index (χ3n) is 6.29. The molecular formula is C25H26ClF3N4OS. The van der Waals surface area contributed by atoms with Gasteiger partial charge in [-0.15, -0.1) is 11.3 Å². The average molecular weight is 523 g/mol. The van der Waals surface area contributed by atoms with Gasteiger partial charge < -0.3 is 9.80 Å². The van der Waals surface area contributed by atoms with Gasteiger partial charge in [-0.2, -0.15) is 13.2 Å². The number of alkyl halides is 3. The van der Waals surface area contributed by atoms with Crippen LogP contribution in [0.25, 0.3) is 11.3 Å². The highest BCUT2D eigenvalue weighted by Gasteiger charge is 2.33. The zero-order valence-electron chi connectivity index (χ0n) is 19.5. The molecule has 4 rings (SSSR count). The highest BCUT2D eigenvalue weighted by molar-refractivity contribution is 7.10. The van der Waals surface area contributed by atoms with E-state index in [0.29, 0.717) is 25.9 Å². The van der Waals surface area contributed by atoms with Crippen LogP contribution in [0.4, 0.5) is 18.9 Å². The van der Waals surface area contributed by atoms with E-state index in [1.54, 1.807) is 11.3 Å². The number of thiazole rings is 1. The smallest absolute Gasteiger partial charge is 0.372 e. The zero-order chi connectivity index (χ0) is 25.2. The largest absolute Gasteiger partial charge is 0.416 e. The standard InChI is InChI=1S/C25H26ClF3N4OS/c1-3-32(4-2)19-7-5-16(6-8-19)21-15-35-23(31-21)17-9-11-33(12-10-17)24(34)20-13-18(25(27,28)29)14-22(26)30-20/h5-8,13-15,17H,3-4,9-12H2,1-2H3. The molecule has 0 aliphatic carbocycles. The number of hydrogen-bond acceptors (Lipinski definition) is 5. The summed E-state index contributed by atoms with van der Waals surface area (Å²) in [6.07, 6.45) is -3.22. The summed E-state index contributed by atoms with van der Waals surface area (Å²) >= 11 is 7.35. The molecule has 0 radical (unpaired) electrons. The molecule has 186 valence electrons. The second kappa shape index (κ2) is 10.5. The first-order valence-corrected chi connectivity index (χ1v) is 12.8. The number of piperidine rings is 1. The number of carbonyl (C=O) groups is 1. The van der Waals surface area contributed by atoms with Crippen molar-refractivity contribution in [2.75, 3.05) is 31.1 Å². The molecular weight excluding hydrogens is 497 g/mol. The van der Waals surface area contributed by atoms with Crippen LogP contribution in [-0.2, 0) is 6.18 Å². The third kappa shape index (κ3) is 5.78. The Morgan fingerprint density at radius 3 is 2.37 bits per heavy atom. The molecule has 1 aliphatic heterocycles. The number of pyridine rings is 1. The summed E-state index contributed by atoms with van der Waals surface area (Å²) in [5.74, 6) is -0.338. The van der Waals surface area contributed by atoms with Gasteiger partial charge in [-0.3, -0.25) is 4.79 Å². The summed E-state index contributed by atoms with van der Waals surface area (Å²) < 4.78 is 39.3. The lowest BCUT2D eigenvalue weighted by Gasteiger charge is -2.31. The Kier molecular flexibility index (Phi) is 7.66. The minimum absolute atomic E-state index is 0.200. The van der Waals surface area contributed by atoms with Crippen LogP contribution in [0.5, 0.6) is 0 Å². The Morgan fingerprint density at radius 2 is 1.77 bits per heavy atom. The molecule has 1 saturated heterocycles. The van der Waals surface area contributed by atoms with E-state index in [1.165, 1.54) is 10.6 Å². The third-order valence-corrected chi connectivity index (χ3v) is 7.49. The number of likely N-dealkylation sites (tertiary alicyclic amines) is 1. The van der Waals surface area contributed by atoms with Crippen molar-refractivity contribution >= 4 is 34.5 Å². The Balaban J connectivity index is 1.40. The molecule has 0 bridgehead atoms. The van der Waals surface area contributed by atoms with E-state index < -0.39 is 17.6 Å². The zero-order valence-corrected chi connectivity index (χ0v) is 21.1. The van der Waals surface area contributed by atoms with Crippen molar-refractivity contribution in [2.45, 2.75) is 38.8 Å². The number of rotatable bonds is 6. The van der Waals surface area contributed by atoms with Crippen molar-refractivity contribution in [3.63, 3.8) is 0 Å². The Morgan fingerprint density at radius 1 is 1.11 bits per heavy atom. The van der Waals surface area contributed by atoms with Crippen molar-refractivity contribution < 1.29 is 18.0 Å². The maximum Gasteiger partial charge on any atom is 0.416 e. The lowest BCUT2D eigenvalue weighted by Crippen LogP contribution is -2.38. The molecule has 0 unspecified atom stereocenters. The van der Waals surface area contributed by atoms with E-state index in [2.05, 4.69) is 48.0 Å². The second-order valence-electron chi connectivity index (χ2n) is 8.42. The van der Waals surface area contributed by atoms with Crippen LogP contribution in [0, 0.1) is 0 Å². The van der Waals surface area contributed by atoms with E-state index in [-0.39, 0.29) is 16.8 Å². The highest BCUT2D eigenvalue weighted by atomic mass is 35.5. The summed E-state index contributed by atoms with van der Waals surface area (Å²) in [5.41, 5.74) is 1.91. The van der Waals surface area contributed by atoms with Crippen molar-refractivity contribution in [3.05, 3.63) is 63.2 Å². The molecule has 2 aromatic heterocycles. The Hall–Kier alpha value is -2.65. The van der Waals surface area contributed by atoms with Crippen LogP contribution in [-0.4, -0.2) is 47.0 Å². The fourth-order valence-electron chi connectivity index (χ4n) is 4.30. The predicted molar refractivity (Wildman–Crippen MR) is 133 cm³/mol. The molecule has 35 heavy (non-hydrogen) atoms. The molecule has 3 aromatic rings. The van der Waals surface area contributed by atoms with Gasteiger partial charge in [0.2, 0.25) is 0 Å². The molecule has 1 amide bonds. The second-order valence-corrected chi connectivity index (χ2v) is 9.70. The van der Waals surface area contributed by atoms with Crippen molar-refractivity contribution in [1.82, 2.24) is 14.9 Å². The lowest BCUT2D eigenvalue weighted by atomic mass is 9.97. The summed E-state index contributed by atoms with van der Waals surface area (Å²) in [7, 11) is 0. The molecule has 0 N–H and O–H groups in total. The van der Waals surface area contributed by atoms with Gasteiger partial charge in [0.1, 0.15) is 10.8 Å². The summed E-state index contributed by atoms with van der Waals surface area (Å²) in [6, 6.07) is 9.88. The summed E-state index contributed by atoms with van der Waals surface area (Å²) in [4.78, 5) is 25.3. The van der Waals surface area contributed by atoms with E-state index in [9.17, 15) is 18.0 Å². The van der Waals surface area contributed by atoms with Gasteiger partial charge in [0, 0.05) is 48.7 Å². The molecule has 0 spiro atoms. The van der Waals surface area contributed by atoms with Gasteiger partial charge in [0.25, 0.3) is 5.91 Å². The molecule has 1 aliphatic rings. The fourth-order valence-corrected chi connectivity index (χ4v) is 5.51. The topological polar surface area (TPSA) is 49.3 Å². The first-order valence-electron chi connectivity index (χ1n) is 11.5. The van der Waals surface area contributed by atoms with Crippen LogP contribution < -0.4 is 4.90 Å². The maximum absolute atomic E-state index is 13.1. The SMILES string of the molecule is CCN(CC)c1ccc(-c2csc(C3CCN(C(=O)c4cc(C(F)(F)F)cc(Cl)n4)CC3)n2)cc1. The molecule has 1 fully saturated rings. The average Bonchev–Trinajstić information content (AvgIpc) is 3.34. The summed E-state index contributed by atoms with van der Waals surface area (Å²) in [5, 5.41) is 2.71. The van der Waals surface area contributed by atoms with E-state index in [1.807, 2.05) is 5.38 Å². The Bertz CT molecular complexity index is 1170. The number of hydrogen-bond donors (Lipinski definition) is 0. The predicted octanol–water partition coefficient (Wildman–Crippen LogP) is 6.74. The van der Waals surface area contributed by atoms with Gasteiger partial charge in [0.15, 0.2) is 0 Å².